The number of benzene rings is 1. The Hall–Kier alpha value is -0.340. The summed E-state index contributed by atoms with van der Waals surface area (Å²) in [5, 5.41) is 3.70. The maximum atomic E-state index is 3.70. The summed E-state index contributed by atoms with van der Waals surface area (Å²) in [6, 6.07) is 9.58. The molecule has 106 valence electrons. The van der Waals surface area contributed by atoms with Crippen molar-refractivity contribution in [2.75, 3.05) is 6.54 Å². The van der Waals surface area contributed by atoms with Gasteiger partial charge in [-0.25, -0.2) is 0 Å². The van der Waals surface area contributed by atoms with Crippen molar-refractivity contribution in [1.82, 2.24) is 5.32 Å². The predicted octanol–water partition coefficient (Wildman–Crippen LogP) is 4.80. The van der Waals surface area contributed by atoms with Crippen LogP contribution in [-0.4, -0.2) is 12.6 Å². The van der Waals surface area contributed by atoms with E-state index in [4.69, 9.17) is 0 Å². The molecular formula is C17H26BrN. The van der Waals surface area contributed by atoms with Crippen LogP contribution in [0.5, 0.6) is 0 Å². The van der Waals surface area contributed by atoms with Crippen LogP contribution in [0.1, 0.15) is 45.1 Å². The van der Waals surface area contributed by atoms with Crippen molar-refractivity contribution < 1.29 is 0 Å². The second-order valence-corrected chi connectivity index (χ2v) is 6.76. The first kappa shape index (κ1) is 15.1. The number of hydrogen-bond acceptors (Lipinski definition) is 1. The average Bonchev–Trinajstić information content (AvgIpc) is 2.43. The predicted molar refractivity (Wildman–Crippen MR) is 86.4 cm³/mol. The lowest BCUT2D eigenvalue weighted by atomic mass is 9.74. The molecule has 3 unspecified atom stereocenters. The van der Waals surface area contributed by atoms with Crippen LogP contribution in [0.15, 0.2) is 28.7 Å². The molecule has 1 aliphatic rings. The zero-order chi connectivity index (χ0) is 13.7. The van der Waals surface area contributed by atoms with Gasteiger partial charge in [-0.15, -0.1) is 0 Å². The number of hydrogen-bond donors (Lipinski definition) is 1. The van der Waals surface area contributed by atoms with E-state index in [1.54, 1.807) is 0 Å². The monoisotopic (exact) mass is 323 g/mol. The first-order chi connectivity index (χ1) is 9.22. The molecule has 0 spiro atoms. The summed E-state index contributed by atoms with van der Waals surface area (Å²) < 4.78 is 1.18. The number of halogens is 1. The van der Waals surface area contributed by atoms with Gasteiger partial charge < -0.3 is 5.32 Å². The van der Waals surface area contributed by atoms with Crippen molar-refractivity contribution in [1.29, 1.82) is 0 Å². The molecule has 2 rings (SSSR count). The van der Waals surface area contributed by atoms with E-state index in [9.17, 15) is 0 Å². The molecule has 1 aromatic rings. The van der Waals surface area contributed by atoms with Gasteiger partial charge in [0.2, 0.25) is 0 Å². The Morgan fingerprint density at radius 2 is 1.89 bits per heavy atom. The molecule has 0 saturated heterocycles. The van der Waals surface area contributed by atoms with Crippen molar-refractivity contribution in [3.05, 3.63) is 34.3 Å². The minimum absolute atomic E-state index is 0.719. The van der Waals surface area contributed by atoms with Gasteiger partial charge in [-0.3, -0.25) is 0 Å². The summed E-state index contributed by atoms with van der Waals surface area (Å²) in [6.45, 7) is 5.66. The number of nitrogens with one attached hydrogen (secondary N) is 1. The van der Waals surface area contributed by atoms with Gasteiger partial charge in [0.25, 0.3) is 0 Å². The molecule has 2 heteroatoms. The van der Waals surface area contributed by atoms with E-state index >= 15 is 0 Å². The third-order valence-corrected chi connectivity index (χ3v) is 5.07. The molecular weight excluding hydrogens is 298 g/mol. The van der Waals surface area contributed by atoms with Crippen LogP contribution in [0.2, 0.25) is 0 Å². The first-order valence-corrected chi connectivity index (χ1v) is 8.50. The SMILES string of the molecule is CCNC1CCC(CC)CC1Cc1ccc(Br)cc1. The summed E-state index contributed by atoms with van der Waals surface area (Å²) in [6.07, 6.45) is 6.72. The second-order valence-electron chi connectivity index (χ2n) is 5.84. The quantitative estimate of drug-likeness (QED) is 0.821. The van der Waals surface area contributed by atoms with Gasteiger partial charge >= 0.3 is 0 Å². The molecule has 0 aliphatic heterocycles. The molecule has 1 aromatic carbocycles. The summed E-state index contributed by atoms with van der Waals surface area (Å²) in [5.74, 6) is 1.75. The molecule has 19 heavy (non-hydrogen) atoms. The molecule has 1 nitrogen and oxygen atoms in total. The van der Waals surface area contributed by atoms with E-state index in [1.165, 1.54) is 42.1 Å². The zero-order valence-electron chi connectivity index (χ0n) is 12.2. The van der Waals surface area contributed by atoms with Crippen LogP contribution < -0.4 is 5.32 Å². The van der Waals surface area contributed by atoms with Gasteiger partial charge in [0.05, 0.1) is 0 Å². The van der Waals surface area contributed by atoms with E-state index in [2.05, 4.69) is 59.4 Å². The lowest BCUT2D eigenvalue weighted by Gasteiger charge is -2.36. The van der Waals surface area contributed by atoms with Crippen LogP contribution in [-0.2, 0) is 6.42 Å². The van der Waals surface area contributed by atoms with Crippen LogP contribution >= 0.6 is 15.9 Å². The van der Waals surface area contributed by atoms with E-state index in [0.29, 0.717) is 0 Å². The Morgan fingerprint density at radius 3 is 2.53 bits per heavy atom. The van der Waals surface area contributed by atoms with Crippen LogP contribution in [0, 0.1) is 11.8 Å². The number of rotatable bonds is 5. The van der Waals surface area contributed by atoms with Crippen molar-refractivity contribution >= 4 is 15.9 Å². The van der Waals surface area contributed by atoms with Crippen LogP contribution in [0.3, 0.4) is 0 Å². The Balaban J connectivity index is 2.02. The largest absolute Gasteiger partial charge is 0.314 e. The molecule has 0 bridgehead atoms. The normalized spacial score (nSPS) is 27.4. The minimum Gasteiger partial charge on any atom is -0.314 e. The summed E-state index contributed by atoms with van der Waals surface area (Å²) in [7, 11) is 0. The molecule has 0 radical (unpaired) electrons. The average molecular weight is 324 g/mol. The molecule has 1 fully saturated rings. The van der Waals surface area contributed by atoms with Crippen molar-refractivity contribution in [2.24, 2.45) is 11.8 Å². The molecule has 0 amide bonds. The van der Waals surface area contributed by atoms with Gasteiger partial charge in [-0.2, -0.15) is 0 Å². The zero-order valence-corrected chi connectivity index (χ0v) is 13.7. The Bertz CT molecular complexity index is 373. The van der Waals surface area contributed by atoms with Crippen molar-refractivity contribution in [3.63, 3.8) is 0 Å². The standard InChI is InChI=1S/C17H26BrN/c1-3-13-7-10-17(19-4-2)15(11-13)12-14-5-8-16(18)9-6-14/h5-6,8-9,13,15,17,19H,3-4,7,10-12H2,1-2H3. The summed E-state index contributed by atoms with van der Waals surface area (Å²) >= 11 is 3.52. The molecule has 1 aliphatic carbocycles. The third kappa shape index (κ3) is 4.32. The summed E-state index contributed by atoms with van der Waals surface area (Å²) in [5.41, 5.74) is 1.48. The maximum Gasteiger partial charge on any atom is 0.0175 e. The maximum absolute atomic E-state index is 3.70. The molecule has 1 saturated carbocycles. The smallest absolute Gasteiger partial charge is 0.0175 e. The highest BCUT2D eigenvalue weighted by Gasteiger charge is 2.29. The highest BCUT2D eigenvalue weighted by atomic mass is 79.9. The van der Waals surface area contributed by atoms with Gasteiger partial charge in [0.15, 0.2) is 0 Å². The molecule has 0 heterocycles. The fourth-order valence-electron chi connectivity index (χ4n) is 3.41. The van der Waals surface area contributed by atoms with E-state index in [0.717, 1.165) is 24.4 Å². The fourth-order valence-corrected chi connectivity index (χ4v) is 3.68. The second kappa shape index (κ2) is 7.44. The van der Waals surface area contributed by atoms with E-state index in [1.807, 2.05) is 0 Å². The molecule has 0 aromatic heterocycles. The molecule has 1 N–H and O–H groups in total. The fraction of sp³-hybridized carbons (Fsp3) is 0.647. The Labute approximate surface area is 126 Å². The van der Waals surface area contributed by atoms with Gasteiger partial charge in [-0.1, -0.05) is 48.3 Å². The van der Waals surface area contributed by atoms with Crippen molar-refractivity contribution in [3.8, 4) is 0 Å². The van der Waals surface area contributed by atoms with E-state index in [-0.39, 0.29) is 0 Å². The Morgan fingerprint density at radius 1 is 1.16 bits per heavy atom. The topological polar surface area (TPSA) is 12.0 Å². The van der Waals surface area contributed by atoms with Gasteiger partial charge in [-0.05, 0) is 61.8 Å². The van der Waals surface area contributed by atoms with Crippen LogP contribution in [0.4, 0.5) is 0 Å². The van der Waals surface area contributed by atoms with Gasteiger partial charge in [0.1, 0.15) is 0 Å². The Kier molecular flexibility index (Phi) is 5.90. The van der Waals surface area contributed by atoms with Gasteiger partial charge in [0, 0.05) is 10.5 Å². The third-order valence-electron chi connectivity index (χ3n) is 4.55. The highest BCUT2D eigenvalue weighted by molar-refractivity contribution is 9.10. The van der Waals surface area contributed by atoms with Crippen molar-refractivity contribution in [2.45, 2.75) is 52.0 Å². The lowest BCUT2D eigenvalue weighted by Crippen LogP contribution is -2.41. The van der Waals surface area contributed by atoms with Crippen LogP contribution in [0.25, 0.3) is 0 Å². The minimum atomic E-state index is 0.719. The molecule has 3 atom stereocenters. The summed E-state index contributed by atoms with van der Waals surface area (Å²) in [4.78, 5) is 0. The van der Waals surface area contributed by atoms with E-state index < -0.39 is 0 Å². The lowest BCUT2D eigenvalue weighted by molar-refractivity contribution is 0.200. The highest BCUT2D eigenvalue weighted by Crippen LogP contribution is 2.33. The first-order valence-electron chi connectivity index (χ1n) is 7.70.